The lowest BCUT2D eigenvalue weighted by atomic mass is 10.0. The Morgan fingerprint density at radius 1 is 1.26 bits per heavy atom. The summed E-state index contributed by atoms with van der Waals surface area (Å²) in [4.78, 5) is 27.6. The van der Waals surface area contributed by atoms with Crippen molar-refractivity contribution in [2.45, 2.75) is 24.1 Å². The summed E-state index contributed by atoms with van der Waals surface area (Å²) in [5.74, 6) is 0.547. The van der Waals surface area contributed by atoms with E-state index in [0.29, 0.717) is 31.1 Å². The minimum Gasteiger partial charge on any atom is -0.342 e. The summed E-state index contributed by atoms with van der Waals surface area (Å²) in [6.45, 7) is 1.24. The topological polar surface area (TPSA) is 40.6 Å². The number of thioether (sulfide) groups is 1. The zero-order valence-corrected chi connectivity index (χ0v) is 14.2. The molecule has 7 heteroatoms. The van der Waals surface area contributed by atoms with E-state index in [1.165, 1.54) is 12.1 Å². The number of halogens is 2. The molecule has 124 valence electrons. The number of likely N-dealkylation sites (tertiary alicyclic amines) is 1. The minimum absolute atomic E-state index is 0.0437. The van der Waals surface area contributed by atoms with Gasteiger partial charge in [-0.2, -0.15) is 0 Å². The number of hydrogen-bond donors (Lipinski definition) is 0. The number of carbonyl (C=O) groups excluding carboxylic acids is 2. The van der Waals surface area contributed by atoms with Gasteiger partial charge in [0.05, 0.1) is 10.6 Å². The molecular weight excluding hydrogens is 339 g/mol. The second-order valence-electron chi connectivity index (χ2n) is 5.76. The SMILES string of the molecule is O=C(CCCl)N1CCC2(CC1)SCC(=O)N2c1ccc(F)cc1. The molecule has 0 aliphatic carbocycles. The maximum Gasteiger partial charge on any atom is 0.238 e. The lowest BCUT2D eigenvalue weighted by Gasteiger charge is -2.44. The fourth-order valence-corrected chi connectivity index (χ4v) is 4.72. The number of rotatable bonds is 3. The van der Waals surface area contributed by atoms with Gasteiger partial charge in [0.1, 0.15) is 5.82 Å². The maximum absolute atomic E-state index is 13.2. The molecule has 3 rings (SSSR count). The number of alkyl halides is 1. The van der Waals surface area contributed by atoms with Gasteiger partial charge in [0.25, 0.3) is 0 Å². The van der Waals surface area contributed by atoms with E-state index in [0.717, 1.165) is 18.5 Å². The summed E-state index contributed by atoms with van der Waals surface area (Å²) >= 11 is 7.26. The Kier molecular flexibility index (Phi) is 4.82. The first-order chi connectivity index (χ1) is 11.1. The van der Waals surface area contributed by atoms with Crippen molar-refractivity contribution in [1.29, 1.82) is 0 Å². The summed E-state index contributed by atoms with van der Waals surface area (Å²) in [6.07, 6.45) is 1.78. The normalized spacial score (nSPS) is 20.3. The van der Waals surface area contributed by atoms with Gasteiger partial charge in [-0.1, -0.05) is 0 Å². The van der Waals surface area contributed by atoms with E-state index in [2.05, 4.69) is 0 Å². The molecule has 1 aromatic rings. The van der Waals surface area contributed by atoms with Crippen molar-refractivity contribution < 1.29 is 14.0 Å². The van der Waals surface area contributed by atoms with Gasteiger partial charge in [-0.25, -0.2) is 4.39 Å². The van der Waals surface area contributed by atoms with Crippen LogP contribution in [0.3, 0.4) is 0 Å². The van der Waals surface area contributed by atoms with E-state index < -0.39 is 0 Å². The molecule has 4 nitrogen and oxygen atoms in total. The van der Waals surface area contributed by atoms with Gasteiger partial charge >= 0.3 is 0 Å². The van der Waals surface area contributed by atoms with E-state index in [1.54, 1.807) is 28.8 Å². The molecule has 0 atom stereocenters. The van der Waals surface area contributed by atoms with E-state index >= 15 is 0 Å². The van der Waals surface area contributed by atoms with E-state index in [4.69, 9.17) is 11.6 Å². The zero-order valence-electron chi connectivity index (χ0n) is 12.6. The quantitative estimate of drug-likeness (QED) is 0.782. The molecule has 2 fully saturated rings. The Labute approximate surface area is 144 Å². The first-order valence-corrected chi connectivity index (χ1v) is 9.14. The monoisotopic (exact) mass is 356 g/mol. The fraction of sp³-hybridized carbons (Fsp3) is 0.500. The third kappa shape index (κ3) is 3.19. The van der Waals surface area contributed by atoms with Gasteiger partial charge in [0.15, 0.2) is 0 Å². The average Bonchev–Trinajstić information content (AvgIpc) is 2.86. The summed E-state index contributed by atoms with van der Waals surface area (Å²) in [7, 11) is 0. The number of piperidine rings is 1. The van der Waals surface area contributed by atoms with Gasteiger partial charge in [-0.3, -0.25) is 14.5 Å². The van der Waals surface area contributed by atoms with Crippen molar-refractivity contribution >= 4 is 40.9 Å². The highest BCUT2D eigenvalue weighted by molar-refractivity contribution is 8.02. The van der Waals surface area contributed by atoms with Crippen LogP contribution in [0.4, 0.5) is 10.1 Å². The highest BCUT2D eigenvalue weighted by Gasteiger charge is 2.48. The van der Waals surface area contributed by atoms with Crippen molar-refractivity contribution in [2.24, 2.45) is 0 Å². The molecule has 2 amide bonds. The lowest BCUT2D eigenvalue weighted by molar-refractivity contribution is -0.131. The molecule has 2 aliphatic rings. The smallest absolute Gasteiger partial charge is 0.238 e. The van der Waals surface area contributed by atoms with Crippen molar-refractivity contribution in [3.63, 3.8) is 0 Å². The molecule has 0 saturated carbocycles. The van der Waals surface area contributed by atoms with Gasteiger partial charge in [0.2, 0.25) is 11.8 Å². The third-order valence-electron chi connectivity index (χ3n) is 4.41. The predicted molar refractivity (Wildman–Crippen MR) is 90.2 cm³/mol. The van der Waals surface area contributed by atoms with Crippen LogP contribution >= 0.6 is 23.4 Å². The molecule has 0 unspecified atom stereocenters. The van der Waals surface area contributed by atoms with Crippen LogP contribution in [0.2, 0.25) is 0 Å². The van der Waals surface area contributed by atoms with Crippen LogP contribution in [0, 0.1) is 5.82 Å². The standard InChI is InChI=1S/C16H18ClFN2O2S/c17-8-5-14(21)19-9-6-16(7-10-19)20(15(22)11-23-16)13-3-1-12(18)2-4-13/h1-4H,5-11H2. The first-order valence-electron chi connectivity index (χ1n) is 7.62. The van der Waals surface area contributed by atoms with E-state index in [-0.39, 0.29) is 22.5 Å². The second-order valence-corrected chi connectivity index (χ2v) is 7.48. The number of benzene rings is 1. The molecule has 2 saturated heterocycles. The molecular formula is C16H18ClFN2O2S. The number of hydrogen-bond acceptors (Lipinski definition) is 3. The zero-order chi connectivity index (χ0) is 16.4. The predicted octanol–water partition coefficient (Wildman–Crippen LogP) is 2.85. The number of nitrogens with zero attached hydrogens (tertiary/aromatic N) is 2. The molecule has 2 aliphatic heterocycles. The van der Waals surface area contributed by atoms with Crippen LogP contribution in [-0.2, 0) is 9.59 Å². The van der Waals surface area contributed by atoms with Crippen LogP contribution in [0.1, 0.15) is 19.3 Å². The largest absolute Gasteiger partial charge is 0.342 e. The summed E-state index contributed by atoms with van der Waals surface area (Å²) in [5, 5.41) is 0. The number of anilines is 1. The number of amides is 2. The van der Waals surface area contributed by atoms with Gasteiger partial charge in [-0.15, -0.1) is 23.4 Å². The van der Waals surface area contributed by atoms with Crippen molar-refractivity contribution in [1.82, 2.24) is 4.90 Å². The van der Waals surface area contributed by atoms with E-state index in [1.807, 2.05) is 4.90 Å². The Bertz CT molecular complexity index is 603. The maximum atomic E-state index is 13.2. The van der Waals surface area contributed by atoms with Gasteiger partial charge < -0.3 is 4.90 Å². The molecule has 23 heavy (non-hydrogen) atoms. The van der Waals surface area contributed by atoms with Crippen LogP contribution < -0.4 is 4.90 Å². The Hall–Kier alpha value is -1.27. The molecule has 2 heterocycles. The molecule has 0 bridgehead atoms. The van der Waals surface area contributed by atoms with Gasteiger partial charge in [0, 0.05) is 31.1 Å². The minimum atomic E-state index is -0.327. The summed E-state index contributed by atoms with van der Waals surface area (Å²) in [6, 6.07) is 6.04. The van der Waals surface area contributed by atoms with Crippen LogP contribution in [0.25, 0.3) is 0 Å². The molecule has 1 aromatic carbocycles. The van der Waals surface area contributed by atoms with Crippen molar-refractivity contribution in [3.8, 4) is 0 Å². The Balaban J connectivity index is 1.77. The third-order valence-corrected chi connectivity index (χ3v) is 6.12. The fourth-order valence-electron chi connectivity index (χ4n) is 3.23. The summed E-state index contributed by atoms with van der Waals surface area (Å²) < 4.78 is 13.2. The molecule has 0 aromatic heterocycles. The Morgan fingerprint density at radius 2 is 1.91 bits per heavy atom. The van der Waals surface area contributed by atoms with Crippen LogP contribution in [0.15, 0.2) is 24.3 Å². The second kappa shape index (κ2) is 6.69. The van der Waals surface area contributed by atoms with Gasteiger partial charge in [-0.05, 0) is 37.1 Å². The van der Waals surface area contributed by atoms with Crippen molar-refractivity contribution in [3.05, 3.63) is 30.1 Å². The van der Waals surface area contributed by atoms with Crippen LogP contribution in [0.5, 0.6) is 0 Å². The Morgan fingerprint density at radius 3 is 2.52 bits per heavy atom. The molecule has 0 N–H and O–H groups in total. The van der Waals surface area contributed by atoms with Crippen molar-refractivity contribution in [2.75, 3.05) is 29.6 Å². The molecule has 0 radical (unpaired) electrons. The first kappa shape index (κ1) is 16.6. The van der Waals surface area contributed by atoms with E-state index in [9.17, 15) is 14.0 Å². The number of carbonyl (C=O) groups is 2. The highest BCUT2D eigenvalue weighted by Crippen LogP contribution is 2.46. The lowest BCUT2D eigenvalue weighted by Crippen LogP contribution is -2.53. The highest BCUT2D eigenvalue weighted by atomic mass is 35.5. The average molecular weight is 357 g/mol. The summed E-state index contributed by atoms with van der Waals surface area (Å²) in [5.41, 5.74) is 0.724. The van der Waals surface area contributed by atoms with Crippen LogP contribution in [-0.4, -0.2) is 46.3 Å². The molecule has 1 spiro atoms.